The molecule has 5 nitrogen and oxygen atoms in total. The van der Waals surface area contributed by atoms with Gasteiger partial charge in [0.05, 0.1) is 5.69 Å². The number of rotatable bonds is 5. The lowest BCUT2D eigenvalue weighted by Crippen LogP contribution is -2.01. The van der Waals surface area contributed by atoms with Crippen LogP contribution in [0.2, 0.25) is 0 Å². The molecule has 0 atom stereocenters. The molecule has 18 heavy (non-hydrogen) atoms. The lowest BCUT2D eigenvalue weighted by molar-refractivity contribution is 0.746. The average Bonchev–Trinajstić information content (AvgIpc) is 2.92. The van der Waals surface area contributed by atoms with Crippen molar-refractivity contribution in [1.29, 1.82) is 0 Å². The van der Waals surface area contributed by atoms with Gasteiger partial charge in [0.1, 0.15) is 5.82 Å². The SMILES string of the molecule is CCc1nn(C)cc1CNc1nc(C(C)C)ns1. The van der Waals surface area contributed by atoms with Gasteiger partial charge in [0.25, 0.3) is 0 Å². The van der Waals surface area contributed by atoms with E-state index in [0.29, 0.717) is 5.92 Å². The van der Waals surface area contributed by atoms with Crippen molar-refractivity contribution in [2.75, 3.05) is 5.32 Å². The van der Waals surface area contributed by atoms with Gasteiger partial charge < -0.3 is 5.32 Å². The second kappa shape index (κ2) is 5.48. The number of nitrogens with zero attached hydrogens (tertiary/aromatic N) is 4. The molecular weight excluding hydrogens is 246 g/mol. The van der Waals surface area contributed by atoms with E-state index >= 15 is 0 Å². The van der Waals surface area contributed by atoms with Gasteiger partial charge in [-0.15, -0.1) is 0 Å². The Morgan fingerprint density at radius 1 is 1.44 bits per heavy atom. The van der Waals surface area contributed by atoms with Crippen molar-refractivity contribution in [3.8, 4) is 0 Å². The first-order valence-corrected chi connectivity index (χ1v) is 6.96. The van der Waals surface area contributed by atoms with E-state index in [1.165, 1.54) is 17.1 Å². The smallest absolute Gasteiger partial charge is 0.202 e. The Hall–Kier alpha value is -1.43. The van der Waals surface area contributed by atoms with E-state index in [9.17, 15) is 0 Å². The second-order valence-electron chi connectivity index (χ2n) is 4.59. The summed E-state index contributed by atoms with van der Waals surface area (Å²) in [4.78, 5) is 4.46. The van der Waals surface area contributed by atoms with Crippen LogP contribution in [0.15, 0.2) is 6.20 Å². The Labute approximate surface area is 111 Å². The molecule has 0 saturated carbocycles. The fourth-order valence-electron chi connectivity index (χ4n) is 1.74. The molecule has 2 rings (SSSR count). The minimum Gasteiger partial charge on any atom is -0.356 e. The van der Waals surface area contributed by atoms with Crippen LogP contribution in [0.5, 0.6) is 0 Å². The van der Waals surface area contributed by atoms with E-state index < -0.39 is 0 Å². The highest BCUT2D eigenvalue weighted by atomic mass is 32.1. The fraction of sp³-hybridized carbons (Fsp3) is 0.583. The zero-order valence-electron chi connectivity index (χ0n) is 11.3. The minimum absolute atomic E-state index is 0.376. The summed E-state index contributed by atoms with van der Waals surface area (Å²) in [5, 5.41) is 8.61. The molecule has 0 fully saturated rings. The van der Waals surface area contributed by atoms with E-state index in [1.807, 2.05) is 11.7 Å². The van der Waals surface area contributed by atoms with E-state index in [1.54, 1.807) is 0 Å². The van der Waals surface area contributed by atoms with E-state index in [-0.39, 0.29) is 0 Å². The molecule has 98 valence electrons. The van der Waals surface area contributed by atoms with Gasteiger partial charge >= 0.3 is 0 Å². The molecular formula is C12H19N5S. The molecule has 2 aromatic heterocycles. The van der Waals surface area contributed by atoms with Gasteiger partial charge in [-0.05, 0) is 6.42 Å². The monoisotopic (exact) mass is 265 g/mol. The van der Waals surface area contributed by atoms with Crippen molar-refractivity contribution in [2.45, 2.75) is 39.7 Å². The maximum absolute atomic E-state index is 4.46. The van der Waals surface area contributed by atoms with Gasteiger partial charge in [-0.25, -0.2) is 4.98 Å². The molecule has 0 aliphatic carbocycles. The Morgan fingerprint density at radius 2 is 2.22 bits per heavy atom. The highest BCUT2D eigenvalue weighted by Gasteiger charge is 2.09. The molecule has 0 saturated heterocycles. The first kappa shape index (κ1) is 13.0. The number of aryl methyl sites for hydroxylation is 2. The van der Waals surface area contributed by atoms with Crippen molar-refractivity contribution in [3.05, 3.63) is 23.3 Å². The Balaban J connectivity index is 2.01. The molecule has 2 aromatic rings. The third-order valence-electron chi connectivity index (χ3n) is 2.71. The van der Waals surface area contributed by atoms with Crippen LogP contribution in [0.3, 0.4) is 0 Å². The van der Waals surface area contributed by atoms with Crippen molar-refractivity contribution in [2.24, 2.45) is 7.05 Å². The summed E-state index contributed by atoms with van der Waals surface area (Å²) in [7, 11) is 1.95. The zero-order chi connectivity index (χ0) is 13.1. The highest BCUT2D eigenvalue weighted by Crippen LogP contribution is 2.18. The summed E-state index contributed by atoms with van der Waals surface area (Å²) in [5.41, 5.74) is 2.36. The second-order valence-corrected chi connectivity index (χ2v) is 5.35. The lowest BCUT2D eigenvalue weighted by atomic mass is 10.2. The van der Waals surface area contributed by atoms with E-state index in [0.717, 1.165) is 29.6 Å². The molecule has 0 amide bonds. The van der Waals surface area contributed by atoms with Crippen LogP contribution in [0.4, 0.5) is 5.13 Å². The Morgan fingerprint density at radius 3 is 2.83 bits per heavy atom. The van der Waals surface area contributed by atoms with Crippen LogP contribution in [-0.2, 0) is 20.0 Å². The van der Waals surface area contributed by atoms with Crippen molar-refractivity contribution in [1.82, 2.24) is 19.1 Å². The highest BCUT2D eigenvalue weighted by molar-refractivity contribution is 7.09. The maximum Gasteiger partial charge on any atom is 0.202 e. The normalized spacial score (nSPS) is 11.2. The third-order valence-corrected chi connectivity index (χ3v) is 3.40. The topological polar surface area (TPSA) is 55.6 Å². The van der Waals surface area contributed by atoms with Gasteiger partial charge in [-0.1, -0.05) is 20.8 Å². The third kappa shape index (κ3) is 2.87. The zero-order valence-corrected chi connectivity index (χ0v) is 12.1. The largest absolute Gasteiger partial charge is 0.356 e. The molecule has 0 spiro atoms. The summed E-state index contributed by atoms with van der Waals surface area (Å²) in [6, 6.07) is 0. The first-order valence-electron chi connectivity index (χ1n) is 6.19. The standard InChI is InChI=1S/C12H19N5S/c1-5-10-9(7-17(4)15-10)6-13-12-14-11(8(2)3)16-18-12/h7-8H,5-6H2,1-4H3,(H,13,14,16). The molecule has 6 heteroatoms. The van der Waals surface area contributed by atoms with Crippen molar-refractivity contribution in [3.63, 3.8) is 0 Å². The maximum atomic E-state index is 4.46. The molecule has 0 bridgehead atoms. The quantitative estimate of drug-likeness (QED) is 0.902. The average molecular weight is 265 g/mol. The molecule has 1 N–H and O–H groups in total. The van der Waals surface area contributed by atoms with E-state index in [4.69, 9.17) is 0 Å². The van der Waals surface area contributed by atoms with Crippen LogP contribution in [-0.4, -0.2) is 19.1 Å². The van der Waals surface area contributed by atoms with Crippen LogP contribution in [0, 0.1) is 0 Å². The van der Waals surface area contributed by atoms with Gasteiger partial charge in [0.15, 0.2) is 0 Å². The summed E-state index contributed by atoms with van der Waals surface area (Å²) in [6.07, 6.45) is 3.00. The molecule has 0 aromatic carbocycles. The van der Waals surface area contributed by atoms with Crippen LogP contribution >= 0.6 is 11.5 Å². The number of hydrogen-bond acceptors (Lipinski definition) is 5. The van der Waals surface area contributed by atoms with Crippen LogP contribution < -0.4 is 5.32 Å². The van der Waals surface area contributed by atoms with Crippen molar-refractivity contribution >= 4 is 16.7 Å². The summed E-state index contributed by atoms with van der Waals surface area (Å²) in [6.45, 7) is 7.07. The molecule has 0 unspecified atom stereocenters. The number of nitrogens with one attached hydrogen (secondary N) is 1. The van der Waals surface area contributed by atoms with Gasteiger partial charge in [0, 0.05) is 42.8 Å². The summed E-state index contributed by atoms with van der Waals surface area (Å²) < 4.78 is 6.18. The molecule has 0 radical (unpaired) electrons. The van der Waals surface area contributed by atoms with Crippen molar-refractivity contribution < 1.29 is 0 Å². The predicted molar refractivity (Wildman–Crippen MR) is 73.9 cm³/mol. The number of hydrogen-bond donors (Lipinski definition) is 1. The molecule has 0 aliphatic rings. The van der Waals surface area contributed by atoms with Crippen LogP contribution in [0.1, 0.15) is 43.8 Å². The molecule has 0 aliphatic heterocycles. The summed E-state index contributed by atoms with van der Waals surface area (Å²) >= 11 is 1.42. The van der Waals surface area contributed by atoms with Gasteiger partial charge in [0.2, 0.25) is 5.13 Å². The molecule has 2 heterocycles. The van der Waals surface area contributed by atoms with E-state index in [2.05, 4.69) is 46.7 Å². The Bertz CT molecular complexity index is 514. The minimum atomic E-state index is 0.376. The summed E-state index contributed by atoms with van der Waals surface area (Å²) in [5.74, 6) is 1.28. The Kier molecular flexibility index (Phi) is 3.96. The predicted octanol–water partition coefficient (Wildman–Crippen LogP) is 2.57. The van der Waals surface area contributed by atoms with Gasteiger partial charge in [-0.2, -0.15) is 9.47 Å². The lowest BCUT2D eigenvalue weighted by Gasteiger charge is -2.01. The number of anilines is 1. The fourth-order valence-corrected chi connectivity index (χ4v) is 2.44. The first-order chi connectivity index (χ1) is 8.60. The van der Waals surface area contributed by atoms with Crippen LogP contribution in [0.25, 0.3) is 0 Å². The number of aromatic nitrogens is 4. The van der Waals surface area contributed by atoms with Gasteiger partial charge in [-0.3, -0.25) is 4.68 Å².